The molecular weight excluding hydrogens is 232 g/mol. The van der Waals surface area contributed by atoms with Gasteiger partial charge in [-0.05, 0) is 24.3 Å². The summed E-state index contributed by atoms with van der Waals surface area (Å²) in [5.74, 6) is 6.41. The highest BCUT2D eigenvalue weighted by Crippen LogP contribution is 2.28. The zero-order valence-corrected chi connectivity index (χ0v) is 9.52. The Morgan fingerprint density at radius 1 is 1.47 bits per heavy atom. The van der Waals surface area contributed by atoms with Gasteiger partial charge in [0.25, 0.3) is 0 Å². The first kappa shape index (κ1) is 10.7. The Kier molecular flexibility index (Phi) is 3.43. The molecule has 0 saturated heterocycles. The predicted molar refractivity (Wildman–Crippen MR) is 61.8 cm³/mol. The van der Waals surface area contributed by atoms with Crippen LogP contribution in [-0.4, -0.2) is 0 Å². The molecule has 2 rings (SSSR count). The Balaban J connectivity index is 2.11. The first-order chi connectivity index (χ1) is 7.29. The van der Waals surface area contributed by atoms with Gasteiger partial charge >= 0.3 is 0 Å². The minimum absolute atomic E-state index is 0.0497. The van der Waals surface area contributed by atoms with Crippen LogP contribution < -0.4 is 11.3 Å². The van der Waals surface area contributed by atoms with Gasteiger partial charge in [0.15, 0.2) is 0 Å². The number of rotatable bonds is 4. The highest BCUT2D eigenvalue weighted by molar-refractivity contribution is 7.16. The van der Waals surface area contributed by atoms with Crippen molar-refractivity contribution in [3.63, 3.8) is 0 Å². The third kappa shape index (κ3) is 2.60. The van der Waals surface area contributed by atoms with Crippen molar-refractivity contribution >= 4 is 22.9 Å². The lowest BCUT2D eigenvalue weighted by Gasteiger charge is -2.11. The highest BCUT2D eigenvalue weighted by atomic mass is 35.5. The molecule has 80 valence electrons. The van der Waals surface area contributed by atoms with Gasteiger partial charge in [0.1, 0.15) is 5.76 Å². The molecule has 0 amide bonds. The van der Waals surface area contributed by atoms with E-state index in [1.54, 1.807) is 6.26 Å². The molecular formula is C10H11ClN2OS. The molecule has 0 aliphatic heterocycles. The summed E-state index contributed by atoms with van der Waals surface area (Å²) in [7, 11) is 0. The van der Waals surface area contributed by atoms with Crippen molar-refractivity contribution in [1.29, 1.82) is 0 Å². The molecule has 1 unspecified atom stereocenters. The Morgan fingerprint density at radius 3 is 2.87 bits per heavy atom. The van der Waals surface area contributed by atoms with E-state index in [1.807, 2.05) is 24.3 Å². The summed E-state index contributed by atoms with van der Waals surface area (Å²) in [6.07, 6.45) is 2.38. The number of nitrogens with one attached hydrogen (secondary N) is 1. The molecule has 5 heteroatoms. The van der Waals surface area contributed by atoms with Crippen molar-refractivity contribution in [2.75, 3.05) is 0 Å². The third-order valence-electron chi connectivity index (χ3n) is 2.12. The summed E-state index contributed by atoms with van der Waals surface area (Å²) >= 11 is 7.39. The molecule has 0 bridgehead atoms. The second-order valence-electron chi connectivity index (χ2n) is 3.14. The number of furan rings is 1. The molecule has 2 aromatic heterocycles. The van der Waals surface area contributed by atoms with Gasteiger partial charge in [0, 0.05) is 11.3 Å². The van der Waals surface area contributed by atoms with E-state index in [4.69, 9.17) is 21.9 Å². The number of hydrogen-bond donors (Lipinski definition) is 2. The van der Waals surface area contributed by atoms with Crippen LogP contribution in [0, 0.1) is 0 Å². The van der Waals surface area contributed by atoms with Gasteiger partial charge in [-0.2, -0.15) is 0 Å². The van der Waals surface area contributed by atoms with E-state index in [1.165, 1.54) is 11.3 Å². The molecule has 3 N–H and O–H groups in total. The average Bonchev–Trinajstić information content (AvgIpc) is 2.85. The van der Waals surface area contributed by atoms with Crippen LogP contribution in [-0.2, 0) is 6.42 Å². The second-order valence-corrected chi connectivity index (χ2v) is 4.89. The van der Waals surface area contributed by atoms with E-state index in [0.29, 0.717) is 0 Å². The van der Waals surface area contributed by atoms with Gasteiger partial charge in [-0.3, -0.25) is 11.3 Å². The summed E-state index contributed by atoms with van der Waals surface area (Å²) in [5.41, 5.74) is 2.76. The fourth-order valence-electron chi connectivity index (χ4n) is 1.39. The van der Waals surface area contributed by atoms with Gasteiger partial charge in [-0.25, -0.2) is 0 Å². The topological polar surface area (TPSA) is 51.2 Å². The molecule has 0 radical (unpaired) electrons. The third-order valence-corrected chi connectivity index (χ3v) is 3.47. The van der Waals surface area contributed by atoms with E-state index < -0.39 is 0 Å². The first-order valence-corrected chi connectivity index (χ1v) is 5.73. The smallest absolute Gasteiger partial charge is 0.105 e. The van der Waals surface area contributed by atoms with E-state index in [2.05, 4.69) is 5.43 Å². The Bertz CT molecular complexity index is 413. The minimum Gasteiger partial charge on any atom is -0.469 e. The van der Waals surface area contributed by atoms with Crippen molar-refractivity contribution in [3.05, 3.63) is 45.5 Å². The maximum Gasteiger partial charge on any atom is 0.105 e. The lowest BCUT2D eigenvalue weighted by molar-refractivity contribution is 0.458. The molecule has 0 aliphatic rings. The van der Waals surface area contributed by atoms with E-state index in [0.717, 1.165) is 21.4 Å². The fraction of sp³-hybridized carbons (Fsp3) is 0.200. The zero-order chi connectivity index (χ0) is 10.7. The van der Waals surface area contributed by atoms with Crippen LogP contribution in [0.4, 0.5) is 0 Å². The number of thiophene rings is 1. The van der Waals surface area contributed by atoms with Crippen LogP contribution in [0.15, 0.2) is 34.9 Å². The van der Waals surface area contributed by atoms with Crippen molar-refractivity contribution in [1.82, 2.24) is 5.43 Å². The fourth-order valence-corrected chi connectivity index (χ4v) is 2.51. The Hall–Kier alpha value is -0.810. The van der Waals surface area contributed by atoms with Crippen LogP contribution in [0.25, 0.3) is 0 Å². The average molecular weight is 243 g/mol. The summed E-state index contributed by atoms with van der Waals surface area (Å²) in [4.78, 5) is 1.11. The number of halogens is 1. The van der Waals surface area contributed by atoms with Crippen LogP contribution in [0.3, 0.4) is 0 Å². The molecule has 0 aliphatic carbocycles. The molecule has 0 aromatic carbocycles. The molecule has 15 heavy (non-hydrogen) atoms. The monoisotopic (exact) mass is 242 g/mol. The Morgan fingerprint density at radius 2 is 2.33 bits per heavy atom. The standard InChI is InChI=1S/C10H11ClN2OS/c11-10-4-3-9(15-10)8(13-12)6-7-2-1-5-14-7/h1-5,8,13H,6,12H2. The van der Waals surface area contributed by atoms with Gasteiger partial charge in [-0.15, -0.1) is 11.3 Å². The molecule has 1 atom stereocenters. The van der Waals surface area contributed by atoms with Gasteiger partial charge in [0.2, 0.25) is 0 Å². The van der Waals surface area contributed by atoms with E-state index in [9.17, 15) is 0 Å². The Labute approximate surface area is 96.8 Å². The van der Waals surface area contributed by atoms with E-state index in [-0.39, 0.29) is 6.04 Å². The maximum absolute atomic E-state index is 5.87. The van der Waals surface area contributed by atoms with Crippen molar-refractivity contribution < 1.29 is 4.42 Å². The molecule has 3 nitrogen and oxygen atoms in total. The molecule has 0 spiro atoms. The van der Waals surface area contributed by atoms with Crippen LogP contribution >= 0.6 is 22.9 Å². The van der Waals surface area contributed by atoms with Gasteiger partial charge in [-0.1, -0.05) is 11.6 Å². The maximum atomic E-state index is 5.87. The summed E-state index contributed by atoms with van der Waals surface area (Å²) in [6.45, 7) is 0. The van der Waals surface area contributed by atoms with Crippen molar-refractivity contribution in [2.24, 2.45) is 5.84 Å². The predicted octanol–water partition coefficient (Wildman–Crippen LogP) is 2.74. The van der Waals surface area contributed by atoms with Gasteiger partial charge < -0.3 is 4.42 Å². The highest BCUT2D eigenvalue weighted by Gasteiger charge is 2.14. The second kappa shape index (κ2) is 4.81. The molecule has 0 saturated carbocycles. The molecule has 2 aromatic rings. The summed E-state index contributed by atoms with van der Waals surface area (Å²) < 4.78 is 6.04. The van der Waals surface area contributed by atoms with Crippen LogP contribution in [0.1, 0.15) is 16.7 Å². The number of hydrazine groups is 1. The van der Waals surface area contributed by atoms with Crippen LogP contribution in [0.2, 0.25) is 4.34 Å². The molecule has 2 heterocycles. The lowest BCUT2D eigenvalue weighted by atomic mass is 10.1. The SMILES string of the molecule is NNC(Cc1ccco1)c1ccc(Cl)s1. The minimum atomic E-state index is 0.0497. The number of nitrogens with two attached hydrogens (primary N) is 1. The summed E-state index contributed by atoms with van der Waals surface area (Å²) in [5, 5.41) is 0. The lowest BCUT2D eigenvalue weighted by Crippen LogP contribution is -2.28. The van der Waals surface area contributed by atoms with Crippen LogP contribution in [0.5, 0.6) is 0 Å². The van der Waals surface area contributed by atoms with E-state index >= 15 is 0 Å². The number of hydrogen-bond acceptors (Lipinski definition) is 4. The largest absolute Gasteiger partial charge is 0.469 e. The normalized spacial score (nSPS) is 12.9. The van der Waals surface area contributed by atoms with Gasteiger partial charge in [0.05, 0.1) is 16.6 Å². The van der Waals surface area contributed by atoms with Crippen molar-refractivity contribution in [2.45, 2.75) is 12.5 Å². The zero-order valence-electron chi connectivity index (χ0n) is 7.94. The summed E-state index contributed by atoms with van der Waals surface area (Å²) in [6, 6.07) is 7.69. The quantitative estimate of drug-likeness (QED) is 0.640. The van der Waals surface area contributed by atoms with Crippen molar-refractivity contribution in [3.8, 4) is 0 Å². The molecule has 0 fully saturated rings. The first-order valence-electron chi connectivity index (χ1n) is 4.53.